The molecule has 0 aliphatic rings. The van der Waals surface area contributed by atoms with Gasteiger partial charge in [0.2, 0.25) is 5.91 Å². The number of carboxylic acid groups (broad SMARTS) is 1. The summed E-state index contributed by atoms with van der Waals surface area (Å²) in [5.74, 6) is -2.03. The Labute approximate surface area is 126 Å². The molecule has 0 spiro atoms. The van der Waals surface area contributed by atoms with Crippen molar-refractivity contribution in [2.75, 3.05) is 12.5 Å². The highest BCUT2D eigenvalue weighted by Gasteiger charge is 2.12. The number of carbonyl (C=O) groups excluding carboxylic acids is 2. The Kier molecular flexibility index (Phi) is 4.57. The Morgan fingerprint density at radius 1 is 1.23 bits per heavy atom. The summed E-state index contributed by atoms with van der Waals surface area (Å²) >= 11 is 0. The third-order valence-electron chi connectivity index (χ3n) is 2.93. The van der Waals surface area contributed by atoms with E-state index in [1.807, 2.05) is 0 Å². The smallest absolute Gasteiger partial charge is 0.354 e. The van der Waals surface area contributed by atoms with Gasteiger partial charge in [0.15, 0.2) is 0 Å². The molecule has 2 aromatic rings. The first-order valence-corrected chi connectivity index (χ1v) is 6.39. The topological polar surface area (TPSA) is 97.6 Å². The maximum Gasteiger partial charge on any atom is 0.354 e. The first-order chi connectivity index (χ1) is 10.5. The van der Waals surface area contributed by atoms with Crippen LogP contribution >= 0.6 is 0 Å². The lowest BCUT2D eigenvalue weighted by molar-refractivity contribution is -0.116. The number of aromatic nitrogens is 1. The molecule has 7 heteroatoms. The van der Waals surface area contributed by atoms with Crippen molar-refractivity contribution in [2.24, 2.45) is 0 Å². The van der Waals surface area contributed by atoms with Crippen LogP contribution in [0.5, 0.6) is 0 Å². The highest BCUT2D eigenvalue weighted by Crippen LogP contribution is 2.08. The van der Waals surface area contributed by atoms with Gasteiger partial charge in [0.1, 0.15) is 5.69 Å². The number of rotatable bonds is 5. The van der Waals surface area contributed by atoms with E-state index in [9.17, 15) is 14.4 Å². The average molecular weight is 302 g/mol. The minimum Gasteiger partial charge on any atom is -0.477 e. The summed E-state index contributed by atoms with van der Waals surface area (Å²) in [6, 6.07) is 9.37. The normalized spacial score (nSPS) is 10.0. The Balaban J connectivity index is 2.07. The third-order valence-corrected chi connectivity index (χ3v) is 2.93. The van der Waals surface area contributed by atoms with Crippen LogP contribution in [0.2, 0.25) is 0 Å². The molecule has 2 N–H and O–H groups in total. The number of ether oxygens (including phenoxy) is 1. The van der Waals surface area contributed by atoms with E-state index in [1.165, 1.54) is 25.4 Å². The molecule has 0 unspecified atom stereocenters. The summed E-state index contributed by atoms with van der Waals surface area (Å²) in [6.07, 6.45) is 1.44. The molecule has 0 fully saturated rings. The van der Waals surface area contributed by atoms with Gasteiger partial charge in [-0.3, -0.25) is 14.9 Å². The molecule has 0 bridgehead atoms. The Bertz CT molecular complexity index is 720. The number of carbonyl (C=O) groups is 3. The molecule has 2 rings (SSSR count). The zero-order valence-electron chi connectivity index (χ0n) is 11.8. The molecule has 1 amide bonds. The molecule has 0 saturated carbocycles. The van der Waals surface area contributed by atoms with Crippen LogP contribution in [0.25, 0.3) is 0 Å². The summed E-state index contributed by atoms with van der Waals surface area (Å²) in [4.78, 5) is 34.4. The lowest BCUT2D eigenvalue weighted by Crippen LogP contribution is -2.26. The van der Waals surface area contributed by atoms with E-state index in [-0.39, 0.29) is 12.1 Å². The Hall–Kier alpha value is -3.09. The van der Waals surface area contributed by atoms with Gasteiger partial charge in [0.25, 0.3) is 0 Å². The molecule has 7 nitrogen and oxygen atoms in total. The molecule has 1 aromatic carbocycles. The fourth-order valence-electron chi connectivity index (χ4n) is 1.94. The van der Waals surface area contributed by atoms with Gasteiger partial charge in [-0.1, -0.05) is 12.1 Å². The van der Waals surface area contributed by atoms with E-state index in [0.29, 0.717) is 11.1 Å². The van der Waals surface area contributed by atoms with Crippen molar-refractivity contribution in [2.45, 2.75) is 6.42 Å². The predicted octanol–water partition coefficient (Wildman–Crippen LogP) is 1.29. The van der Waals surface area contributed by atoms with Gasteiger partial charge in [0, 0.05) is 6.20 Å². The molecule has 0 saturated heterocycles. The first kappa shape index (κ1) is 15.3. The molecule has 1 aromatic heterocycles. The van der Waals surface area contributed by atoms with Gasteiger partial charge in [-0.25, -0.2) is 9.59 Å². The Morgan fingerprint density at radius 2 is 2.00 bits per heavy atom. The molecule has 22 heavy (non-hydrogen) atoms. The maximum atomic E-state index is 12.0. The second-order valence-electron chi connectivity index (χ2n) is 4.47. The van der Waals surface area contributed by atoms with Gasteiger partial charge < -0.3 is 9.84 Å². The van der Waals surface area contributed by atoms with Crippen molar-refractivity contribution < 1.29 is 24.2 Å². The zero-order valence-corrected chi connectivity index (χ0v) is 11.8. The van der Waals surface area contributed by atoms with E-state index < -0.39 is 17.8 Å². The number of benzene rings is 1. The predicted molar refractivity (Wildman–Crippen MR) is 77.2 cm³/mol. The Morgan fingerprint density at radius 3 is 2.68 bits per heavy atom. The van der Waals surface area contributed by atoms with Crippen LogP contribution in [0.15, 0.2) is 42.6 Å². The third kappa shape index (κ3) is 3.51. The number of esters is 1. The molecule has 0 aliphatic carbocycles. The first-order valence-electron chi connectivity index (χ1n) is 6.39. The minimum atomic E-state index is -1.14. The molecule has 0 aliphatic heterocycles. The van der Waals surface area contributed by atoms with Crippen molar-refractivity contribution in [3.63, 3.8) is 0 Å². The number of nitrogens with one attached hydrogen (secondary N) is 1. The van der Waals surface area contributed by atoms with Crippen molar-refractivity contribution in [3.8, 4) is 0 Å². The molecule has 0 atom stereocenters. The maximum absolute atomic E-state index is 12.0. The van der Waals surface area contributed by atoms with Gasteiger partial charge in [-0.15, -0.1) is 0 Å². The standard InChI is InChI=1S/C15H14N2O5/c1-22-15(21)11-5-2-4-10(8-11)9-13(18)16-17-7-3-6-12(17)14(19)20/h2-8H,9H2,1H3,(H,16,18)(H,19,20). The fraction of sp³-hybridized carbons (Fsp3) is 0.133. The van der Waals surface area contributed by atoms with E-state index >= 15 is 0 Å². The molecular weight excluding hydrogens is 288 g/mol. The van der Waals surface area contributed by atoms with E-state index in [4.69, 9.17) is 5.11 Å². The minimum absolute atomic E-state index is 0.00206. The number of hydrogen-bond acceptors (Lipinski definition) is 4. The van der Waals surface area contributed by atoms with Crippen LogP contribution in [0.1, 0.15) is 26.4 Å². The fourth-order valence-corrected chi connectivity index (χ4v) is 1.94. The van der Waals surface area contributed by atoms with Crippen LogP contribution in [-0.4, -0.2) is 34.7 Å². The number of methoxy groups -OCH3 is 1. The van der Waals surface area contributed by atoms with Crippen molar-refractivity contribution in [1.29, 1.82) is 0 Å². The van der Waals surface area contributed by atoms with Gasteiger partial charge in [0.05, 0.1) is 19.1 Å². The lowest BCUT2D eigenvalue weighted by Gasteiger charge is -2.09. The summed E-state index contributed by atoms with van der Waals surface area (Å²) in [7, 11) is 1.28. The van der Waals surface area contributed by atoms with Gasteiger partial charge in [-0.05, 0) is 29.8 Å². The van der Waals surface area contributed by atoms with Gasteiger partial charge >= 0.3 is 11.9 Å². The van der Waals surface area contributed by atoms with Crippen molar-refractivity contribution >= 4 is 17.8 Å². The van der Waals surface area contributed by atoms with Crippen LogP contribution in [0.4, 0.5) is 0 Å². The largest absolute Gasteiger partial charge is 0.477 e. The van der Waals surface area contributed by atoms with E-state index in [2.05, 4.69) is 10.2 Å². The molecule has 0 radical (unpaired) electrons. The van der Waals surface area contributed by atoms with E-state index in [0.717, 1.165) is 4.68 Å². The quantitative estimate of drug-likeness (QED) is 0.811. The second kappa shape index (κ2) is 6.57. The van der Waals surface area contributed by atoms with Crippen LogP contribution in [-0.2, 0) is 16.0 Å². The number of carboxylic acids is 1. The van der Waals surface area contributed by atoms with Crippen LogP contribution in [0.3, 0.4) is 0 Å². The summed E-state index contributed by atoms with van der Waals surface area (Å²) in [5.41, 5.74) is 3.38. The van der Waals surface area contributed by atoms with Crippen LogP contribution in [0, 0.1) is 0 Å². The number of amides is 1. The zero-order chi connectivity index (χ0) is 16.1. The molecule has 1 heterocycles. The molecule has 114 valence electrons. The highest BCUT2D eigenvalue weighted by atomic mass is 16.5. The van der Waals surface area contributed by atoms with Crippen LogP contribution < -0.4 is 5.43 Å². The number of nitrogens with zero attached hydrogens (tertiary/aromatic N) is 1. The van der Waals surface area contributed by atoms with Crippen molar-refractivity contribution in [3.05, 3.63) is 59.4 Å². The van der Waals surface area contributed by atoms with Gasteiger partial charge in [-0.2, -0.15) is 0 Å². The summed E-state index contributed by atoms with van der Waals surface area (Å²) in [6.45, 7) is 0. The van der Waals surface area contributed by atoms with E-state index in [1.54, 1.807) is 24.3 Å². The average Bonchev–Trinajstić information content (AvgIpc) is 2.94. The highest BCUT2D eigenvalue weighted by molar-refractivity contribution is 5.91. The molecular formula is C15H14N2O5. The second-order valence-corrected chi connectivity index (χ2v) is 4.47. The lowest BCUT2D eigenvalue weighted by atomic mass is 10.1. The summed E-state index contributed by atoms with van der Waals surface area (Å²) < 4.78 is 5.75. The van der Waals surface area contributed by atoms with Crippen molar-refractivity contribution in [1.82, 2.24) is 4.68 Å². The number of aromatic carboxylic acids is 1. The number of hydrogen-bond donors (Lipinski definition) is 2. The summed E-state index contributed by atoms with van der Waals surface area (Å²) in [5, 5.41) is 8.96. The SMILES string of the molecule is COC(=O)c1cccc(CC(=O)Nn2cccc2C(=O)O)c1. The monoisotopic (exact) mass is 302 g/mol.